The molecule has 76 valence electrons. The van der Waals surface area contributed by atoms with E-state index in [1.807, 2.05) is 31.2 Å². The van der Waals surface area contributed by atoms with Crippen molar-refractivity contribution in [3.63, 3.8) is 0 Å². The predicted molar refractivity (Wildman–Crippen MR) is 62.7 cm³/mol. The molecule has 0 unspecified atom stereocenters. The zero-order valence-corrected chi connectivity index (χ0v) is 9.20. The normalized spacial score (nSPS) is 10.9. The van der Waals surface area contributed by atoms with E-state index in [4.69, 9.17) is 11.5 Å². The van der Waals surface area contributed by atoms with E-state index >= 15 is 0 Å². The minimum Gasteiger partial charge on any atom is -0.399 e. The van der Waals surface area contributed by atoms with Crippen LogP contribution in [0.25, 0.3) is 0 Å². The van der Waals surface area contributed by atoms with Gasteiger partial charge in [-0.3, -0.25) is 0 Å². The Hall–Kier alpha value is -0.440. The standard InChI is InChI=1S/C9H14N2.2ClH/c1-7(10)6-8-2-4-9(11)5-3-8;;/h2-5,7H,6,10-11H2,1H3;2*1H/t7-;;/m1../s1. The molecule has 0 aromatic heterocycles. The molecule has 1 atom stereocenters. The summed E-state index contributed by atoms with van der Waals surface area (Å²) in [7, 11) is 0. The molecule has 0 bridgehead atoms. The molecule has 0 saturated carbocycles. The van der Waals surface area contributed by atoms with Crippen molar-refractivity contribution >= 4 is 30.5 Å². The summed E-state index contributed by atoms with van der Waals surface area (Å²) in [6, 6.07) is 8.05. The van der Waals surface area contributed by atoms with Gasteiger partial charge in [-0.05, 0) is 31.0 Å². The Morgan fingerprint density at radius 1 is 1.15 bits per heavy atom. The lowest BCUT2D eigenvalue weighted by atomic mass is 10.1. The zero-order valence-electron chi connectivity index (χ0n) is 7.57. The number of hydrogen-bond donors (Lipinski definition) is 2. The average molecular weight is 223 g/mol. The van der Waals surface area contributed by atoms with Crippen molar-refractivity contribution in [3.05, 3.63) is 29.8 Å². The molecule has 0 aliphatic carbocycles. The highest BCUT2D eigenvalue weighted by atomic mass is 35.5. The van der Waals surface area contributed by atoms with Crippen LogP contribution in [0.15, 0.2) is 24.3 Å². The van der Waals surface area contributed by atoms with Crippen molar-refractivity contribution in [2.75, 3.05) is 5.73 Å². The van der Waals surface area contributed by atoms with Crippen LogP contribution < -0.4 is 11.5 Å². The minimum atomic E-state index is 0. The van der Waals surface area contributed by atoms with Gasteiger partial charge in [-0.25, -0.2) is 0 Å². The fourth-order valence-corrected chi connectivity index (χ4v) is 1.03. The third-order valence-corrected chi connectivity index (χ3v) is 1.54. The Balaban J connectivity index is 0. The lowest BCUT2D eigenvalue weighted by molar-refractivity contribution is 0.738. The van der Waals surface area contributed by atoms with Crippen LogP contribution in [0, 0.1) is 0 Å². The first-order valence-electron chi connectivity index (χ1n) is 3.78. The summed E-state index contributed by atoms with van der Waals surface area (Å²) in [6.07, 6.45) is 0.917. The second-order valence-electron chi connectivity index (χ2n) is 2.92. The maximum absolute atomic E-state index is 5.63. The highest BCUT2D eigenvalue weighted by Crippen LogP contribution is 2.06. The predicted octanol–water partition coefficient (Wildman–Crippen LogP) is 2.00. The Morgan fingerprint density at radius 2 is 1.62 bits per heavy atom. The molecule has 2 nitrogen and oxygen atoms in total. The van der Waals surface area contributed by atoms with E-state index in [9.17, 15) is 0 Å². The SMILES string of the molecule is C[C@@H](N)Cc1ccc(N)cc1.Cl.Cl. The molecule has 0 spiro atoms. The van der Waals surface area contributed by atoms with Crippen molar-refractivity contribution in [1.82, 2.24) is 0 Å². The molecule has 1 rings (SSSR count). The molecular weight excluding hydrogens is 207 g/mol. The van der Waals surface area contributed by atoms with Gasteiger partial charge in [0.25, 0.3) is 0 Å². The molecule has 0 saturated heterocycles. The van der Waals surface area contributed by atoms with Gasteiger partial charge in [-0.2, -0.15) is 0 Å². The zero-order chi connectivity index (χ0) is 8.27. The quantitative estimate of drug-likeness (QED) is 0.753. The van der Waals surface area contributed by atoms with Gasteiger partial charge >= 0.3 is 0 Å². The lowest BCUT2D eigenvalue weighted by Gasteiger charge is -2.04. The molecule has 0 amide bonds. The highest BCUT2D eigenvalue weighted by Gasteiger charge is 1.95. The van der Waals surface area contributed by atoms with Crippen LogP contribution in [0.4, 0.5) is 5.69 Å². The van der Waals surface area contributed by atoms with Crippen molar-refractivity contribution in [2.24, 2.45) is 5.73 Å². The van der Waals surface area contributed by atoms with Crippen molar-refractivity contribution in [2.45, 2.75) is 19.4 Å². The van der Waals surface area contributed by atoms with E-state index < -0.39 is 0 Å². The van der Waals surface area contributed by atoms with Crippen LogP contribution in [0.1, 0.15) is 12.5 Å². The number of halogens is 2. The van der Waals surface area contributed by atoms with Gasteiger partial charge in [-0.15, -0.1) is 24.8 Å². The summed E-state index contributed by atoms with van der Waals surface area (Å²) < 4.78 is 0. The average Bonchev–Trinajstić information content (AvgIpc) is 1.93. The van der Waals surface area contributed by atoms with Crippen LogP contribution >= 0.6 is 24.8 Å². The van der Waals surface area contributed by atoms with Crippen molar-refractivity contribution in [3.8, 4) is 0 Å². The molecule has 1 aromatic carbocycles. The largest absolute Gasteiger partial charge is 0.399 e. The van der Waals surface area contributed by atoms with Gasteiger partial charge in [0.2, 0.25) is 0 Å². The van der Waals surface area contributed by atoms with Crippen molar-refractivity contribution in [1.29, 1.82) is 0 Å². The van der Waals surface area contributed by atoms with E-state index in [0.717, 1.165) is 12.1 Å². The summed E-state index contributed by atoms with van der Waals surface area (Å²) in [5.74, 6) is 0. The second kappa shape index (κ2) is 7.01. The van der Waals surface area contributed by atoms with E-state index in [1.54, 1.807) is 0 Å². The Kier molecular flexibility index (Phi) is 8.12. The minimum absolute atomic E-state index is 0. The number of benzene rings is 1. The van der Waals surface area contributed by atoms with Crippen LogP contribution in [-0.2, 0) is 6.42 Å². The second-order valence-corrected chi connectivity index (χ2v) is 2.92. The van der Waals surface area contributed by atoms with Crippen LogP contribution in [0.5, 0.6) is 0 Å². The molecule has 4 heteroatoms. The van der Waals surface area contributed by atoms with Crippen LogP contribution in [-0.4, -0.2) is 6.04 Å². The first-order chi connectivity index (χ1) is 5.18. The van der Waals surface area contributed by atoms with E-state index in [0.29, 0.717) is 0 Å². The smallest absolute Gasteiger partial charge is 0.0314 e. The fourth-order valence-electron chi connectivity index (χ4n) is 1.03. The monoisotopic (exact) mass is 222 g/mol. The summed E-state index contributed by atoms with van der Waals surface area (Å²) in [4.78, 5) is 0. The number of rotatable bonds is 2. The molecule has 0 fully saturated rings. The molecule has 0 heterocycles. The molecule has 0 radical (unpaired) electrons. The molecule has 1 aromatic rings. The lowest BCUT2D eigenvalue weighted by Crippen LogP contribution is -2.17. The maximum Gasteiger partial charge on any atom is 0.0314 e. The fraction of sp³-hybridized carbons (Fsp3) is 0.333. The van der Waals surface area contributed by atoms with Gasteiger partial charge in [0, 0.05) is 11.7 Å². The molecule has 0 aliphatic heterocycles. The van der Waals surface area contributed by atoms with Gasteiger partial charge in [0.1, 0.15) is 0 Å². The third kappa shape index (κ3) is 5.75. The van der Waals surface area contributed by atoms with Gasteiger partial charge < -0.3 is 11.5 Å². The summed E-state index contributed by atoms with van der Waals surface area (Å²) in [5, 5.41) is 0. The summed E-state index contributed by atoms with van der Waals surface area (Å²) >= 11 is 0. The van der Waals surface area contributed by atoms with Crippen LogP contribution in [0.3, 0.4) is 0 Å². The van der Waals surface area contributed by atoms with Gasteiger partial charge in [0.15, 0.2) is 0 Å². The first kappa shape index (κ1) is 15.1. The van der Waals surface area contributed by atoms with E-state index in [1.165, 1.54) is 5.56 Å². The number of nitrogen functional groups attached to an aromatic ring is 1. The Morgan fingerprint density at radius 3 is 2.00 bits per heavy atom. The topological polar surface area (TPSA) is 52.0 Å². The molecule has 13 heavy (non-hydrogen) atoms. The number of hydrogen-bond acceptors (Lipinski definition) is 2. The number of nitrogens with two attached hydrogens (primary N) is 2. The van der Waals surface area contributed by atoms with Crippen LogP contribution in [0.2, 0.25) is 0 Å². The molecular formula is C9H16Cl2N2. The van der Waals surface area contributed by atoms with Gasteiger partial charge in [0.05, 0.1) is 0 Å². The first-order valence-corrected chi connectivity index (χ1v) is 3.78. The van der Waals surface area contributed by atoms with E-state index in [-0.39, 0.29) is 30.9 Å². The Labute approximate surface area is 91.5 Å². The van der Waals surface area contributed by atoms with Gasteiger partial charge in [-0.1, -0.05) is 12.1 Å². The number of anilines is 1. The molecule has 4 N–H and O–H groups in total. The summed E-state index contributed by atoms with van der Waals surface area (Å²) in [6.45, 7) is 2.00. The third-order valence-electron chi connectivity index (χ3n) is 1.54. The molecule has 0 aliphatic rings. The van der Waals surface area contributed by atoms with E-state index in [2.05, 4.69) is 0 Å². The Bertz CT molecular complexity index is 222. The van der Waals surface area contributed by atoms with Crippen molar-refractivity contribution < 1.29 is 0 Å². The summed E-state index contributed by atoms with van der Waals surface area (Å²) in [5.41, 5.74) is 13.2. The highest BCUT2D eigenvalue weighted by molar-refractivity contribution is 5.85. The maximum atomic E-state index is 5.63.